The van der Waals surface area contributed by atoms with Crippen molar-refractivity contribution in [2.75, 3.05) is 18.6 Å². The van der Waals surface area contributed by atoms with Crippen LogP contribution in [0.15, 0.2) is 54.6 Å². The van der Waals surface area contributed by atoms with Crippen LogP contribution >= 0.6 is 11.8 Å². The topological polar surface area (TPSA) is 63.7 Å². The second-order valence-corrected chi connectivity index (χ2v) is 8.03. The first kappa shape index (κ1) is 20.1. The van der Waals surface area contributed by atoms with E-state index < -0.39 is 11.9 Å². The average molecular weight is 397 g/mol. The SMILES string of the molecule is COC(=O)CN(C(=O)[C@@H]1CCc2ccccc2[C@@H]1SC(C)=O)c1ccccc1. The highest BCUT2D eigenvalue weighted by atomic mass is 32.2. The summed E-state index contributed by atoms with van der Waals surface area (Å²) in [6, 6.07) is 17.0. The second-order valence-electron chi connectivity index (χ2n) is 6.71. The van der Waals surface area contributed by atoms with E-state index in [9.17, 15) is 14.4 Å². The van der Waals surface area contributed by atoms with Crippen LogP contribution in [0.4, 0.5) is 5.69 Å². The number of fused-ring (bicyclic) bond motifs is 1. The van der Waals surface area contributed by atoms with Gasteiger partial charge in [-0.1, -0.05) is 54.2 Å². The predicted molar refractivity (Wildman–Crippen MR) is 110 cm³/mol. The van der Waals surface area contributed by atoms with Crippen LogP contribution in [0.2, 0.25) is 0 Å². The molecule has 0 spiro atoms. The number of anilines is 1. The van der Waals surface area contributed by atoms with Crippen molar-refractivity contribution in [1.82, 2.24) is 0 Å². The van der Waals surface area contributed by atoms with E-state index in [2.05, 4.69) is 0 Å². The minimum absolute atomic E-state index is 0.0290. The van der Waals surface area contributed by atoms with E-state index in [0.717, 1.165) is 12.0 Å². The zero-order valence-corrected chi connectivity index (χ0v) is 16.8. The third-order valence-electron chi connectivity index (χ3n) is 4.91. The summed E-state index contributed by atoms with van der Waals surface area (Å²) in [6.07, 6.45) is 1.40. The molecule has 0 radical (unpaired) electrons. The minimum Gasteiger partial charge on any atom is -0.468 e. The predicted octanol–water partition coefficient (Wildman–Crippen LogP) is 3.78. The molecule has 0 aromatic heterocycles. The van der Waals surface area contributed by atoms with Crippen LogP contribution in [-0.4, -0.2) is 30.6 Å². The maximum Gasteiger partial charge on any atom is 0.325 e. The van der Waals surface area contributed by atoms with Gasteiger partial charge in [0.25, 0.3) is 0 Å². The number of hydrogen-bond donors (Lipinski definition) is 0. The first-order chi connectivity index (χ1) is 13.5. The van der Waals surface area contributed by atoms with Gasteiger partial charge in [-0.05, 0) is 36.1 Å². The van der Waals surface area contributed by atoms with Gasteiger partial charge in [-0.25, -0.2) is 0 Å². The number of carbonyl (C=O) groups is 3. The summed E-state index contributed by atoms with van der Waals surface area (Å²) in [5.41, 5.74) is 2.84. The number of esters is 1. The lowest BCUT2D eigenvalue weighted by Gasteiger charge is -2.35. The van der Waals surface area contributed by atoms with E-state index in [4.69, 9.17) is 4.74 Å². The number of rotatable bonds is 5. The van der Waals surface area contributed by atoms with Gasteiger partial charge in [-0.2, -0.15) is 0 Å². The molecule has 0 saturated heterocycles. The zero-order chi connectivity index (χ0) is 20.1. The molecule has 6 heteroatoms. The number of para-hydroxylation sites is 1. The van der Waals surface area contributed by atoms with Crippen LogP contribution in [-0.2, 0) is 25.5 Å². The molecule has 2 atom stereocenters. The highest BCUT2D eigenvalue weighted by Gasteiger charge is 2.38. The normalized spacial score (nSPS) is 18.1. The fourth-order valence-corrected chi connectivity index (χ4v) is 4.73. The van der Waals surface area contributed by atoms with Crippen molar-refractivity contribution in [2.45, 2.75) is 25.0 Å². The molecule has 0 unspecified atom stereocenters. The van der Waals surface area contributed by atoms with E-state index in [1.165, 1.54) is 36.3 Å². The van der Waals surface area contributed by atoms with Gasteiger partial charge in [0.1, 0.15) is 6.54 Å². The summed E-state index contributed by atoms with van der Waals surface area (Å²) in [6.45, 7) is 1.36. The van der Waals surface area contributed by atoms with Gasteiger partial charge >= 0.3 is 5.97 Å². The van der Waals surface area contributed by atoms with Crippen molar-refractivity contribution < 1.29 is 19.1 Å². The molecule has 0 saturated carbocycles. The Kier molecular flexibility index (Phi) is 6.52. The molecule has 0 aliphatic heterocycles. The summed E-state index contributed by atoms with van der Waals surface area (Å²) in [5, 5.41) is -0.294. The third-order valence-corrected chi connectivity index (χ3v) is 6.08. The van der Waals surface area contributed by atoms with Crippen molar-refractivity contribution in [3.8, 4) is 0 Å². The largest absolute Gasteiger partial charge is 0.468 e. The van der Waals surface area contributed by atoms with Crippen LogP contribution in [0.3, 0.4) is 0 Å². The van der Waals surface area contributed by atoms with Crippen LogP contribution in [0.1, 0.15) is 29.7 Å². The molecular weight excluding hydrogens is 374 g/mol. The van der Waals surface area contributed by atoms with E-state index in [1.54, 1.807) is 12.1 Å². The molecule has 2 aromatic carbocycles. The number of methoxy groups -OCH3 is 1. The first-order valence-corrected chi connectivity index (χ1v) is 10.1. The number of ether oxygens (including phenoxy) is 1. The number of thioether (sulfide) groups is 1. The van der Waals surface area contributed by atoms with Crippen LogP contribution in [0.5, 0.6) is 0 Å². The van der Waals surface area contributed by atoms with Gasteiger partial charge in [-0.15, -0.1) is 0 Å². The van der Waals surface area contributed by atoms with Gasteiger partial charge in [0.15, 0.2) is 5.12 Å². The Morgan fingerprint density at radius 3 is 2.43 bits per heavy atom. The lowest BCUT2D eigenvalue weighted by molar-refractivity contribution is -0.140. The molecule has 0 heterocycles. The lowest BCUT2D eigenvalue weighted by Crippen LogP contribution is -2.43. The maximum absolute atomic E-state index is 13.5. The third kappa shape index (κ3) is 4.44. The average Bonchev–Trinajstić information content (AvgIpc) is 2.72. The van der Waals surface area contributed by atoms with Crippen molar-refractivity contribution in [2.24, 2.45) is 5.92 Å². The quantitative estimate of drug-likeness (QED) is 0.719. The Hall–Kier alpha value is -2.60. The number of carbonyl (C=O) groups excluding carboxylic acids is 3. The molecule has 0 bridgehead atoms. The molecular formula is C22H23NO4S. The second kappa shape index (κ2) is 9.06. The molecule has 0 N–H and O–H groups in total. The zero-order valence-electron chi connectivity index (χ0n) is 16.0. The van der Waals surface area contributed by atoms with Crippen LogP contribution in [0.25, 0.3) is 0 Å². The number of amides is 1. The molecule has 1 aliphatic carbocycles. The van der Waals surface area contributed by atoms with E-state index in [-0.39, 0.29) is 22.8 Å². The van der Waals surface area contributed by atoms with Gasteiger partial charge in [0.2, 0.25) is 5.91 Å². The van der Waals surface area contributed by atoms with Crippen molar-refractivity contribution in [3.05, 3.63) is 65.7 Å². The highest BCUT2D eigenvalue weighted by molar-refractivity contribution is 8.13. The molecule has 146 valence electrons. The van der Waals surface area contributed by atoms with Gasteiger partial charge in [0, 0.05) is 17.9 Å². The van der Waals surface area contributed by atoms with E-state index >= 15 is 0 Å². The first-order valence-electron chi connectivity index (χ1n) is 9.19. The molecule has 28 heavy (non-hydrogen) atoms. The smallest absolute Gasteiger partial charge is 0.325 e. The molecule has 1 aliphatic rings. The van der Waals surface area contributed by atoms with Crippen molar-refractivity contribution in [3.63, 3.8) is 0 Å². The van der Waals surface area contributed by atoms with Gasteiger partial charge in [0.05, 0.1) is 13.0 Å². The van der Waals surface area contributed by atoms with Crippen LogP contribution in [0, 0.1) is 5.92 Å². The Morgan fingerprint density at radius 1 is 1.07 bits per heavy atom. The van der Waals surface area contributed by atoms with Crippen molar-refractivity contribution in [1.29, 1.82) is 0 Å². The molecule has 5 nitrogen and oxygen atoms in total. The summed E-state index contributed by atoms with van der Waals surface area (Å²) in [4.78, 5) is 38.9. The molecule has 2 aromatic rings. The number of benzene rings is 2. The monoisotopic (exact) mass is 397 g/mol. The highest BCUT2D eigenvalue weighted by Crippen LogP contribution is 2.45. The summed E-state index contributed by atoms with van der Waals surface area (Å²) >= 11 is 1.19. The Labute approximate surface area is 169 Å². The van der Waals surface area contributed by atoms with E-state index in [0.29, 0.717) is 12.1 Å². The number of aryl methyl sites for hydroxylation is 1. The number of nitrogens with zero attached hydrogens (tertiary/aromatic N) is 1. The standard InChI is InChI=1S/C22H23NO4S/c1-15(24)28-21-18-11-7-6-8-16(18)12-13-19(21)22(26)23(14-20(25)27-2)17-9-4-3-5-10-17/h3-11,19,21H,12-14H2,1-2H3/t19-,21+/m1/s1. The summed E-state index contributed by atoms with van der Waals surface area (Å²) < 4.78 is 4.80. The van der Waals surface area contributed by atoms with Crippen molar-refractivity contribution >= 4 is 34.4 Å². The maximum atomic E-state index is 13.5. The summed E-state index contributed by atoms with van der Waals surface area (Å²) in [7, 11) is 1.31. The lowest BCUT2D eigenvalue weighted by atomic mass is 9.82. The molecule has 1 amide bonds. The molecule has 0 fully saturated rings. The number of hydrogen-bond acceptors (Lipinski definition) is 5. The fraction of sp³-hybridized carbons (Fsp3) is 0.318. The van der Waals surface area contributed by atoms with E-state index in [1.807, 2.05) is 42.5 Å². The summed E-state index contributed by atoms with van der Waals surface area (Å²) in [5.74, 6) is -1.04. The van der Waals surface area contributed by atoms with Crippen LogP contribution < -0.4 is 4.90 Å². The minimum atomic E-state index is -0.482. The fourth-order valence-electron chi connectivity index (χ4n) is 3.59. The van der Waals surface area contributed by atoms with Gasteiger partial charge < -0.3 is 9.64 Å². The van der Waals surface area contributed by atoms with Gasteiger partial charge in [-0.3, -0.25) is 14.4 Å². The molecule has 3 rings (SSSR count). The Morgan fingerprint density at radius 2 is 1.75 bits per heavy atom. The Bertz CT molecular complexity index is 868. The Balaban J connectivity index is 1.96.